The Morgan fingerprint density at radius 2 is 1.84 bits per heavy atom. The fourth-order valence-electron chi connectivity index (χ4n) is 1.18. The van der Waals surface area contributed by atoms with Gasteiger partial charge in [0.05, 0.1) is 6.42 Å². The molecule has 0 aliphatic rings. The Bertz CT molecular complexity index is 578. The first-order chi connectivity index (χ1) is 8.72. The summed E-state index contributed by atoms with van der Waals surface area (Å²) in [5.41, 5.74) is 5.95. The van der Waals surface area contributed by atoms with Crippen molar-refractivity contribution in [3.63, 3.8) is 0 Å². The maximum atomic E-state index is 11.7. The van der Waals surface area contributed by atoms with Crippen molar-refractivity contribution < 1.29 is 27.3 Å². The van der Waals surface area contributed by atoms with Gasteiger partial charge in [-0.3, -0.25) is 9.59 Å². The van der Waals surface area contributed by atoms with Crippen molar-refractivity contribution in [1.29, 1.82) is 0 Å². The predicted octanol–water partition coefficient (Wildman–Crippen LogP) is 0.0289. The van der Waals surface area contributed by atoms with E-state index in [2.05, 4.69) is 4.18 Å². The molecule has 104 valence electrons. The van der Waals surface area contributed by atoms with Crippen LogP contribution in [0.1, 0.15) is 12.0 Å². The van der Waals surface area contributed by atoms with E-state index in [1.165, 1.54) is 12.1 Å². The standard InChI is InChI=1S/C11H13NO6S/c1-7-2-4-8(5-3-7)19(16,17)18-10(13)6-9(12)11(14)15/h2-5,9H,6,12H2,1H3,(H,14,15)/t9-/m0/s1. The Labute approximate surface area is 110 Å². The molecule has 0 saturated carbocycles. The van der Waals surface area contributed by atoms with Gasteiger partial charge in [-0.15, -0.1) is 0 Å². The molecule has 0 aliphatic carbocycles. The molecule has 1 aromatic carbocycles. The van der Waals surface area contributed by atoms with Gasteiger partial charge in [0.25, 0.3) is 0 Å². The van der Waals surface area contributed by atoms with Crippen LogP contribution in [0.15, 0.2) is 29.2 Å². The Morgan fingerprint density at radius 1 is 1.32 bits per heavy atom. The van der Waals surface area contributed by atoms with Gasteiger partial charge in [0.2, 0.25) is 0 Å². The third-order valence-electron chi connectivity index (χ3n) is 2.22. The monoisotopic (exact) mass is 287 g/mol. The van der Waals surface area contributed by atoms with E-state index in [9.17, 15) is 18.0 Å². The molecular formula is C11H13NO6S. The van der Waals surface area contributed by atoms with E-state index >= 15 is 0 Å². The second kappa shape index (κ2) is 5.81. The molecule has 0 bridgehead atoms. The summed E-state index contributed by atoms with van der Waals surface area (Å²) in [4.78, 5) is 21.5. The smallest absolute Gasteiger partial charge is 0.341 e. The van der Waals surface area contributed by atoms with Crippen LogP contribution in [-0.4, -0.2) is 31.5 Å². The van der Waals surface area contributed by atoms with Gasteiger partial charge >= 0.3 is 22.1 Å². The molecule has 1 aromatic rings. The van der Waals surface area contributed by atoms with Gasteiger partial charge in [-0.25, -0.2) is 0 Å². The van der Waals surface area contributed by atoms with Crippen LogP contribution in [0.3, 0.4) is 0 Å². The van der Waals surface area contributed by atoms with E-state index in [0.29, 0.717) is 0 Å². The SMILES string of the molecule is Cc1ccc(S(=O)(=O)OC(=O)C[C@H](N)C(=O)O)cc1. The van der Waals surface area contributed by atoms with Gasteiger partial charge in [-0.05, 0) is 19.1 Å². The Kier molecular flexibility index (Phi) is 4.62. The zero-order chi connectivity index (χ0) is 14.6. The number of rotatable bonds is 5. The van der Waals surface area contributed by atoms with Gasteiger partial charge in [0.1, 0.15) is 10.9 Å². The van der Waals surface area contributed by atoms with Crippen molar-refractivity contribution in [2.75, 3.05) is 0 Å². The molecule has 0 aliphatic heterocycles. The molecule has 0 spiro atoms. The van der Waals surface area contributed by atoms with Crippen molar-refractivity contribution in [3.8, 4) is 0 Å². The van der Waals surface area contributed by atoms with Crippen molar-refractivity contribution in [2.45, 2.75) is 24.3 Å². The van der Waals surface area contributed by atoms with E-state index in [0.717, 1.165) is 5.56 Å². The fraction of sp³-hybridized carbons (Fsp3) is 0.273. The lowest BCUT2D eigenvalue weighted by molar-refractivity contribution is -0.143. The van der Waals surface area contributed by atoms with Crippen LogP contribution in [0, 0.1) is 6.92 Å². The van der Waals surface area contributed by atoms with Crippen LogP contribution in [0.4, 0.5) is 0 Å². The molecule has 0 aromatic heterocycles. The Morgan fingerprint density at radius 3 is 2.32 bits per heavy atom. The summed E-state index contributed by atoms with van der Waals surface area (Å²) in [6.07, 6.45) is -0.722. The highest BCUT2D eigenvalue weighted by Crippen LogP contribution is 2.14. The number of aliphatic carboxylic acids is 1. The molecule has 0 saturated heterocycles. The van der Waals surface area contributed by atoms with E-state index in [1.54, 1.807) is 19.1 Å². The molecular weight excluding hydrogens is 274 g/mol. The number of hydrogen-bond donors (Lipinski definition) is 2. The first-order valence-corrected chi connectivity index (χ1v) is 6.65. The van der Waals surface area contributed by atoms with Gasteiger partial charge in [-0.1, -0.05) is 17.7 Å². The molecule has 3 N–H and O–H groups in total. The minimum atomic E-state index is -4.25. The fourth-order valence-corrected chi connectivity index (χ4v) is 2.05. The van der Waals surface area contributed by atoms with Crippen LogP contribution in [0.25, 0.3) is 0 Å². The average Bonchev–Trinajstić information content (AvgIpc) is 2.28. The molecule has 0 radical (unpaired) electrons. The van der Waals surface area contributed by atoms with Gasteiger partial charge in [0, 0.05) is 0 Å². The number of carboxylic acids is 1. The van der Waals surface area contributed by atoms with Crippen LogP contribution < -0.4 is 5.73 Å². The first-order valence-electron chi connectivity index (χ1n) is 5.25. The molecule has 19 heavy (non-hydrogen) atoms. The zero-order valence-corrected chi connectivity index (χ0v) is 10.9. The number of benzene rings is 1. The van der Waals surface area contributed by atoms with Crippen LogP contribution >= 0.6 is 0 Å². The zero-order valence-electron chi connectivity index (χ0n) is 10.1. The van der Waals surface area contributed by atoms with E-state index in [4.69, 9.17) is 10.8 Å². The highest BCUT2D eigenvalue weighted by Gasteiger charge is 2.24. The lowest BCUT2D eigenvalue weighted by Gasteiger charge is -2.07. The number of aryl methyl sites for hydroxylation is 1. The maximum Gasteiger partial charge on any atom is 0.341 e. The summed E-state index contributed by atoms with van der Waals surface area (Å²) in [6, 6.07) is 4.16. The van der Waals surface area contributed by atoms with Crippen molar-refractivity contribution >= 4 is 22.1 Å². The summed E-state index contributed by atoms with van der Waals surface area (Å²) < 4.78 is 27.6. The molecule has 0 heterocycles. The molecule has 0 amide bonds. The Balaban J connectivity index is 2.77. The first kappa shape index (κ1) is 15.1. The third-order valence-corrected chi connectivity index (χ3v) is 3.47. The van der Waals surface area contributed by atoms with Crippen molar-refractivity contribution in [1.82, 2.24) is 0 Å². The third kappa shape index (κ3) is 4.34. The summed E-state index contributed by atoms with van der Waals surface area (Å²) in [6.45, 7) is 1.77. The molecule has 7 nitrogen and oxygen atoms in total. The quantitative estimate of drug-likeness (QED) is 0.732. The average molecular weight is 287 g/mol. The number of carbonyl (C=O) groups is 2. The molecule has 1 rings (SSSR count). The van der Waals surface area contributed by atoms with E-state index < -0.39 is 34.5 Å². The largest absolute Gasteiger partial charge is 0.480 e. The molecule has 0 fully saturated rings. The summed E-state index contributed by atoms with van der Waals surface area (Å²) in [5.74, 6) is -2.62. The van der Waals surface area contributed by atoms with E-state index in [1.807, 2.05) is 0 Å². The van der Waals surface area contributed by atoms with Crippen molar-refractivity contribution in [2.24, 2.45) is 5.73 Å². The number of nitrogens with two attached hydrogens (primary N) is 1. The van der Waals surface area contributed by atoms with Crippen LogP contribution in [0.2, 0.25) is 0 Å². The highest BCUT2D eigenvalue weighted by atomic mass is 32.2. The second-order valence-corrected chi connectivity index (χ2v) is 5.42. The number of hydrogen-bond acceptors (Lipinski definition) is 6. The summed E-state index contributed by atoms with van der Waals surface area (Å²) in [5, 5.41) is 8.49. The second-order valence-electron chi connectivity index (χ2n) is 3.87. The van der Waals surface area contributed by atoms with Crippen molar-refractivity contribution in [3.05, 3.63) is 29.8 Å². The van der Waals surface area contributed by atoms with Gasteiger partial charge in [0.15, 0.2) is 0 Å². The van der Waals surface area contributed by atoms with Gasteiger partial charge in [-0.2, -0.15) is 8.42 Å². The van der Waals surface area contributed by atoms with Crippen LogP contribution in [0.5, 0.6) is 0 Å². The molecule has 1 atom stereocenters. The minimum Gasteiger partial charge on any atom is -0.480 e. The molecule has 0 unspecified atom stereocenters. The topological polar surface area (TPSA) is 124 Å². The van der Waals surface area contributed by atoms with E-state index in [-0.39, 0.29) is 4.90 Å². The normalized spacial score (nSPS) is 12.7. The number of carboxylic acid groups (broad SMARTS) is 1. The lowest BCUT2D eigenvalue weighted by Crippen LogP contribution is -2.33. The van der Waals surface area contributed by atoms with Crippen LogP contribution in [-0.2, 0) is 23.9 Å². The summed E-state index contributed by atoms with van der Waals surface area (Å²) in [7, 11) is -4.25. The predicted molar refractivity (Wildman–Crippen MR) is 64.7 cm³/mol. The lowest BCUT2D eigenvalue weighted by atomic mass is 10.2. The molecule has 8 heteroatoms. The maximum absolute atomic E-state index is 11.7. The van der Waals surface area contributed by atoms with Gasteiger partial charge < -0.3 is 15.0 Å². The summed E-state index contributed by atoms with van der Waals surface area (Å²) >= 11 is 0. The number of carbonyl (C=O) groups excluding carboxylic acids is 1. The minimum absolute atomic E-state index is 0.185. The Hall–Kier alpha value is -1.93. The highest BCUT2D eigenvalue weighted by molar-refractivity contribution is 7.87.